The summed E-state index contributed by atoms with van der Waals surface area (Å²) in [6.45, 7) is 4.59. The van der Waals surface area contributed by atoms with Gasteiger partial charge in [-0.2, -0.15) is 0 Å². The van der Waals surface area contributed by atoms with Crippen molar-refractivity contribution in [3.05, 3.63) is 130 Å². The van der Waals surface area contributed by atoms with Gasteiger partial charge in [0.25, 0.3) is 0 Å². The average molecular weight is 729 g/mol. The Labute approximate surface area is 332 Å². The van der Waals surface area contributed by atoms with Crippen LogP contribution in [0.1, 0.15) is 200 Å². The molecule has 294 valence electrons. The van der Waals surface area contributed by atoms with Gasteiger partial charge in [0.2, 0.25) is 0 Å². The van der Waals surface area contributed by atoms with Crippen LogP contribution in [-0.2, 0) is 12.8 Å². The molecule has 0 fully saturated rings. The van der Waals surface area contributed by atoms with Crippen molar-refractivity contribution >= 4 is 11.4 Å². The largest absolute Gasteiger partial charge is 0.399 e. The molecule has 2 unspecified atom stereocenters. The summed E-state index contributed by atoms with van der Waals surface area (Å²) in [5, 5.41) is 0. The van der Waals surface area contributed by atoms with Gasteiger partial charge in [-0.25, -0.2) is 0 Å². The van der Waals surface area contributed by atoms with Crippen molar-refractivity contribution in [1.29, 1.82) is 0 Å². The predicted octanol–water partition coefficient (Wildman–Crippen LogP) is 15.5. The van der Waals surface area contributed by atoms with Crippen molar-refractivity contribution in [3.8, 4) is 0 Å². The van der Waals surface area contributed by atoms with Crippen LogP contribution >= 0.6 is 0 Å². The first-order valence-electron chi connectivity index (χ1n) is 22.5. The van der Waals surface area contributed by atoms with Crippen LogP contribution in [0.15, 0.2) is 97.1 Å². The zero-order valence-electron chi connectivity index (χ0n) is 34.5. The normalized spacial score (nSPS) is 12.6. The summed E-state index contributed by atoms with van der Waals surface area (Å²) in [7, 11) is 0. The molecule has 4 rings (SSSR count). The molecule has 2 heteroatoms. The van der Waals surface area contributed by atoms with E-state index < -0.39 is 0 Å². The first-order chi connectivity index (χ1) is 26.6. The number of nitrogen functional groups attached to an aromatic ring is 2. The van der Waals surface area contributed by atoms with E-state index >= 15 is 0 Å². The van der Waals surface area contributed by atoms with E-state index in [9.17, 15) is 0 Å². The molecule has 0 saturated heterocycles. The Balaban J connectivity index is 1.22. The van der Waals surface area contributed by atoms with E-state index in [-0.39, 0.29) is 0 Å². The van der Waals surface area contributed by atoms with Crippen molar-refractivity contribution in [2.45, 2.75) is 180 Å². The fourth-order valence-electron chi connectivity index (χ4n) is 8.32. The van der Waals surface area contributed by atoms with Gasteiger partial charge in [0.15, 0.2) is 0 Å². The standard InChI is InChI=1S/C52H76N2/c1-3-5-7-9-11-13-15-17-19-25-51(47-35-39-49(53)40-36-47)45-31-27-43(28-32-45)23-21-22-24-44-29-33-46(34-30-44)52(48-37-41-50(54)42-38-48)26-20-18-16-14-12-10-8-6-4-2/h27-42,51-52H,3-26,53-54H2,1-2H3. The number of nitrogens with two attached hydrogens (primary N) is 2. The number of aryl methyl sites for hydroxylation is 2. The Kier molecular flexibility index (Phi) is 21.1. The number of anilines is 2. The maximum absolute atomic E-state index is 6.06. The van der Waals surface area contributed by atoms with Gasteiger partial charge in [-0.05, 0) is 96.2 Å². The van der Waals surface area contributed by atoms with Crippen LogP contribution in [0, 0.1) is 0 Å². The first-order valence-corrected chi connectivity index (χ1v) is 22.5. The SMILES string of the molecule is CCCCCCCCCCCC(c1ccc(N)cc1)c1ccc(CCCCc2ccc(C(CCCCCCCCCCC)c3ccc(N)cc3)cc2)cc1. The maximum atomic E-state index is 6.06. The molecule has 54 heavy (non-hydrogen) atoms. The minimum atomic E-state index is 0.442. The second-order valence-electron chi connectivity index (χ2n) is 16.4. The molecule has 0 aromatic heterocycles. The molecular weight excluding hydrogens is 653 g/mol. The van der Waals surface area contributed by atoms with E-state index in [1.165, 1.54) is 175 Å². The zero-order valence-corrected chi connectivity index (χ0v) is 34.5. The van der Waals surface area contributed by atoms with Gasteiger partial charge < -0.3 is 11.5 Å². The molecule has 0 heterocycles. The fourth-order valence-corrected chi connectivity index (χ4v) is 8.32. The molecule has 0 aliphatic rings. The highest BCUT2D eigenvalue weighted by atomic mass is 14.5. The van der Waals surface area contributed by atoms with Gasteiger partial charge in [0, 0.05) is 23.2 Å². The quantitative estimate of drug-likeness (QED) is 0.0432. The maximum Gasteiger partial charge on any atom is 0.0314 e. The monoisotopic (exact) mass is 729 g/mol. The Morgan fingerprint density at radius 3 is 0.870 bits per heavy atom. The van der Waals surface area contributed by atoms with Crippen LogP contribution in [0.25, 0.3) is 0 Å². The molecule has 0 bridgehead atoms. The van der Waals surface area contributed by atoms with Gasteiger partial charge in [-0.3, -0.25) is 0 Å². The smallest absolute Gasteiger partial charge is 0.0314 e. The van der Waals surface area contributed by atoms with Crippen molar-refractivity contribution in [1.82, 2.24) is 0 Å². The third-order valence-corrected chi connectivity index (χ3v) is 11.8. The van der Waals surface area contributed by atoms with Gasteiger partial charge in [0.1, 0.15) is 0 Å². The van der Waals surface area contributed by atoms with Gasteiger partial charge in [0.05, 0.1) is 0 Å². The first kappa shape index (κ1) is 43.2. The lowest BCUT2D eigenvalue weighted by atomic mass is 9.85. The summed E-state index contributed by atoms with van der Waals surface area (Å²) >= 11 is 0. The van der Waals surface area contributed by atoms with E-state index in [1.54, 1.807) is 0 Å². The number of hydrogen-bond acceptors (Lipinski definition) is 2. The molecule has 2 nitrogen and oxygen atoms in total. The van der Waals surface area contributed by atoms with Gasteiger partial charge >= 0.3 is 0 Å². The van der Waals surface area contributed by atoms with E-state index in [0.717, 1.165) is 24.2 Å². The number of benzene rings is 4. The van der Waals surface area contributed by atoms with Crippen LogP contribution in [0.2, 0.25) is 0 Å². The molecule has 0 aliphatic heterocycles. The topological polar surface area (TPSA) is 52.0 Å². The minimum Gasteiger partial charge on any atom is -0.399 e. The Hall–Kier alpha value is -3.52. The van der Waals surface area contributed by atoms with Gasteiger partial charge in [-0.1, -0.05) is 202 Å². The molecule has 0 aliphatic carbocycles. The van der Waals surface area contributed by atoms with Crippen LogP contribution in [0.5, 0.6) is 0 Å². The fraction of sp³-hybridized carbons (Fsp3) is 0.538. The number of rotatable bonds is 29. The van der Waals surface area contributed by atoms with Crippen LogP contribution < -0.4 is 11.5 Å². The lowest BCUT2D eigenvalue weighted by molar-refractivity contribution is 0.545. The predicted molar refractivity (Wildman–Crippen MR) is 239 cm³/mol. The van der Waals surface area contributed by atoms with Crippen molar-refractivity contribution in [2.75, 3.05) is 11.5 Å². The highest BCUT2D eigenvalue weighted by Crippen LogP contribution is 2.33. The summed E-state index contributed by atoms with van der Waals surface area (Å²) in [6.07, 6.45) is 31.8. The summed E-state index contributed by atoms with van der Waals surface area (Å²) < 4.78 is 0. The highest BCUT2D eigenvalue weighted by Gasteiger charge is 2.16. The molecular formula is C52H76N2. The summed E-state index contributed by atoms with van der Waals surface area (Å²) in [6, 6.07) is 36.4. The Bertz CT molecular complexity index is 1370. The Morgan fingerprint density at radius 2 is 0.574 bits per heavy atom. The molecule has 4 aromatic rings. The third-order valence-electron chi connectivity index (χ3n) is 11.8. The van der Waals surface area contributed by atoms with E-state index in [4.69, 9.17) is 11.5 Å². The van der Waals surface area contributed by atoms with Crippen LogP contribution in [0.3, 0.4) is 0 Å². The lowest BCUT2D eigenvalue weighted by Gasteiger charge is -2.19. The van der Waals surface area contributed by atoms with Crippen LogP contribution in [-0.4, -0.2) is 0 Å². The minimum absolute atomic E-state index is 0.442. The van der Waals surface area contributed by atoms with Gasteiger partial charge in [-0.15, -0.1) is 0 Å². The molecule has 0 amide bonds. The second kappa shape index (κ2) is 26.3. The van der Waals surface area contributed by atoms with E-state index in [1.807, 2.05) is 0 Å². The van der Waals surface area contributed by atoms with Crippen LogP contribution in [0.4, 0.5) is 11.4 Å². The second-order valence-corrected chi connectivity index (χ2v) is 16.4. The van der Waals surface area contributed by atoms with E-state index in [2.05, 4.69) is 111 Å². The van der Waals surface area contributed by atoms with Crippen molar-refractivity contribution in [2.24, 2.45) is 0 Å². The lowest BCUT2D eigenvalue weighted by Crippen LogP contribution is -2.03. The summed E-state index contributed by atoms with van der Waals surface area (Å²) in [4.78, 5) is 0. The summed E-state index contributed by atoms with van der Waals surface area (Å²) in [5.74, 6) is 0.883. The van der Waals surface area contributed by atoms with Crippen molar-refractivity contribution < 1.29 is 0 Å². The molecule has 4 aromatic carbocycles. The third kappa shape index (κ3) is 16.5. The molecule has 0 spiro atoms. The molecule has 0 radical (unpaired) electrons. The van der Waals surface area contributed by atoms with Crippen molar-refractivity contribution in [3.63, 3.8) is 0 Å². The molecule has 0 saturated carbocycles. The molecule has 4 N–H and O–H groups in total. The molecule has 2 atom stereocenters. The zero-order chi connectivity index (χ0) is 38.1. The highest BCUT2D eigenvalue weighted by molar-refractivity contribution is 5.44. The average Bonchev–Trinajstić information content (AvgIpc) is 3.20. The number of hydrogen-bond donors (Lipinski definition) is 2. The Morgan fingerprint density at radius 1 is 0.315 bits per heavy atom. The summed E-state index contributed by atoms with van der Waals surface area (Å²) in [5.41, 5.74) is 22.4. The number of unbranched alkanes of at least 4 members (excludes halogenated alkanes) is 17. The van der Waals surface area contributed by atoms with E-state index in [0.29, 0.717) is 11.8 Å².